The second-order valence-electron chi connectivity index (χ2n) is 8.13. The van der Waals surface area contributed by atoms with Crippen molar-refractivity contribution >= 4 is 40.7 Å². The van der Waals surface area contributed by atoms with Crippen LogP contribution in [-0.4, -0.2) is 22.6 Å². The van der Waals surface area contributed by atoms with Crippen LogP contribution in [-0.2, 0) is 9.53 Å². The van der Waals surface area contributed by atoms with Gasteiger partial charge in [0.15, 0.2) is 4.80 Å². The first-order valence-corrected chi connectivity index (χ1v) is 12.2. The molecule has 5 rings (SSSR count). The number of esters is 1. The van der Waals surface area contributed by atoms with Crippen molar-refractivity contribution in [2.75, 3.05) is 7.11 Å². The molecule has 1 aliphatic rings. The number of hydrogen-bond acceptors (Lipinski definition) is 8. The number of aromatic nitrogens is 1. The zero-order valence-corrected chi connectivity index (χ0v) is 21.1. The van der Waals surface area contributed by atoms with Gasteiger partial charge in [0.1, 0.15) is 11.5 Å². The molecule has 0 aliphatic carbocycles. The van der Waals surface area contributed by atoms with E-state index in [0.717, 1.165) is 0 Å². The minimum atomic E-state index is -0.740. The molecule has 0 saturated heterocycles. The predicted molar refractivity (Wildman–Crippen MR) is 138 cm³/mol. The Morgan fingerprint density at radius 1 is 1.16 bits per heavy atom. The van der Waals surface area contributed by atoms with Crippen molar-refractivity contribution in [3.8, 4) is 11.3 Å². The first-order valence-electron chi connectivity index (χ1n) is 11.0. The van der Waals surface area contributed by atoms with E-state index < -0.39 is 16.9 Å². The van der Waals surface area contributed by atoms with Gasteiger partial charge in [-0.25, -0.2) is 9.79 Å². The minimum absolute atomic E-state index is 0.0199. The van der Waals surface area contributed by atoms with Crippen LogP contribution in [0.4, 0.5) is 5.69 Å². The summed E-state index contributed by atoms with van der Waals surface area (Å²) in [5, 5.41) is 11.4. The third-order valence-corrected chi connectivity index (χ3v) is 7.11. The lowest BCUT2D eigenvalue weighted by molar-refractivity contribution is -0.384. The highest BCUT2D eigenvalue weighted by Crippen LogP contribution is 2.31. The normalized spacial score (nSPS) is 15.3. The van der Waals surface area contributed by atoms with E-state index in [9.17, 15) is 19.7 Å². The predicted octanol–water partition coefficient (Wildman–Crippen LogP) is 4.23. The van der Waals surface area contributed by atoms with E-state index >= 15 is 0 Å². The number of fused-ring (bicyclic) bond motifs is 1. The fourth-order valence-electron chi connectivity index (χ4n) is 4.12. The lowest BCUT2D eigenvalue weighted by atomic mass is 9.96. The van der Waals surface area contributed by atoms with Crippen LogP contribution in [0.5, 0.6) is 0 Å². The monoisotopic (exact) mass is 535 g/mol. The van der Waals surface area contributed by atoms with Crippen molar-refractivity contribution in [1.29, 1.82) is 0 Å². The van der Waals surface area contributed by atoms with Gasteiger partial charge in [0.25, 0.3) is 11.2 Å². The van der Waals surface area contributed by atoms with E-state index in [0.29, 0.717) is 42.7 Å². The van der Waals surface area contributed by atoms with E-state index in [2.05, 4.69) is 4.99 Å². The molecule has 186 valence electrons. The Morgan fingerprint density at radius 2 is 1.86 bits per heavy atom. The van der Waals surface area contributed by atoms with E-state index in [1.807, 2.05) is 0 Å². The number of nitro groups is 1. The van der Waals surface area contributed by atoms with Crippen molar-refractivity contribution in [2.24, 2.45) is 4.99 Å². The van der Waals surface area contributed by atoms with Crippen molar-refractivity contribution < 1.29 is 18.9 Å². The Hall–Kier alpha value is -4.28. The summed E-state index contributed by atoms with van der Waals surface area (Å²) in [6.45, 7) is 1.70. The van der Waals surface area contributed by atoms with Crippen LogP contribution < -0.4 is 14.9 Å². The number of nitrogens with zero attached hydrogens (tertiary/aromatic N) is 3. The molecule has 37 heavy (non-hydrogen) atoms. The highest BCUT2D eigenvalue weighted by atomic mass is 35.5. The summed E-state index contributed by atoms with van der Waals surface area (Å²) >= 11 is 7.24. The Labute approximate surface area is 218 Å². The smallest absolute Gasteiger partial charge is 0.338 e. The topological polar surface area (TPSA) is 117 Å². The summed E-state index contributed by atoms with van der Waals surface area (Å²) < 4.78 is 12.7. The first kappa shape index (κ1) is 24.4. The molecule has 0 saturated carbocycles. The fraction of sp³-hybridized carbons (Fsp3) is 0.115. The van der Waals surface area contributed by atoms with Crippen molar-refractivity contribution in [3.05, 3.63) is 118 Å². The number of carbonyl (C=O) groups is 1. The molecule has 3 heterocycles. The molecule has 4 aromatic rings. The number of hydrogen-bond donors (Lipinski definition) is 0. The van der Waals surface area contributed by atoms with Gasteiger partial charge < -0.3 is 9.15 Å². The summed E-state index contributed by atoms with van der Waals surface area (Å²) in [6, 6.07) is 15.6. The van der Waals surface area contributed by atoms with Gasteiger partial charge in [-0.05, 0) is 48.9 Å². The molecule has 0 bridgehead atoms. The standard InChI is InChI=1S/C26H18ClN3O6S/c1-14-22(25(32)35-2)23(16-3-7-17(27)8-4-16)29-24(31)21(37-26(29)28-14)13-19-11-12-20(36-19)15-5-9-18(10-6-15)30(33)34/h3-13,23H,1-2H3/b21-13+/t23-/m0/s1. The Balaban J connectivity index is 1.60. The van der Waals surface area contributed by atoms with Crippen LogP contribution in [0.2, 0.25) is 5.02 Å². The van der Waals surface area contributed by atoms with Gasteiger partial charge in [0.05, 0.1) is 33.9 Å². The molecule has 0 spiro atoms. The number of benzene rings is 2. The molecule has 2 aromatic heterocycles. The van der Waals surface area contributed by atoms with Gasteiger partial charge in [-0.2, -0.15) is 0 Å². The second kappa shape index (κ2) is 9.64. The van der Waals surface area contributed by atoms with Gasteiger partial charge in [-0.1, -0.05) is 35.1 Å². The number of thiazole rings is 1. The van der Waals surface area contributed by atoms with Gasteiger partial charge in [-0.15, -0.1) is 0 Å². The largest absolute Gasteiger partial charge is 0.466 e. The van der Waals surface area contributed by atoms with Crippen LogP contribution in [0.25, 0.3) is 17.4 Å². The lowest BCUT2D eigenvalue weighted by Gasteiger charge is -2.24. The number of non-ortho nitro benzene ring substituents is 1. The zero-order chi connectivity index (χ0) is 26.3. The first-order chi connectivity index (χ1) is 17.8. The van der Waals surface area contributed by atoms with Crippen LogP contribution >= 0.6 is 22.9 Å². The quantitative estimate of drug-likeness (QED) is 0.214. The van der Waals surface area contributed by atoms with Crippen molar-refractivity contribution in [1.82, 2.24) is 4.57 Å². The average Bonchev–Trinajstić information content (AvgIpc) is 3.48. The highest BCUT2D eigenvalue weighted by molar-refractivity contribution is 7.07. The molecule has 0 unspecified atom stereocenters. The molecular formula is C26H18ClN3O6S. The zero-order valence-electron chi connectivity index (χ0n) is 19.5. The lowest BCUT2D eigenvalue weighted by Crippen LogP contribution is -2.39. The number of furan rings is 1. The third-order valence-electron chi connectivity index (χ3n) is 5.88. The van der Waals surface area contributed by atoms with Gasteiger partial charge in [0.2, 0.25) is 0 Å². The summed E-state index contributed by atoms with van der Waals surface area (Å²) in [5.74, 6) is 0.344. The maximum atomic E-state index is 13.6. The molecule has 2 aromatic carbocycles. The van der Waals surface area contributed by atoms with E-state index in [1.54, 1.807) is 61.5 Å². The summed E-state index contributed by atoms with van der Waals surface area (Å²) in [6.07, 6.45) is 1.61. The number of halogens is 1. The van der Waals surface area contributed by atoms with Crippen molar-refractivity contribution in [3.63, 3.8) is 0 Å². The van der Waals surface area contributed by atoms with Crippen LogP contribution in [0, 0.1) is 10.1 Å². The fourth-order valence-corrected chi connectivity index (χ4v) is 5.27. The molecule has 1 aliphatic heterocycles. The minimum Gasteiger partial charge on any atom is -0.466 e. The average molecular weight is 536 g/mol. The summed E-state index contributed by atoms with van der Waals surface area (Å²) in [4.78, 5) is 41.7. The summed E-state index contributed by atoms with van der Waals surface area (Å²) in [5.41, 5.74) is 1.71. The van der Waals surface area contributed by atoms with Gasteiger partial charge in [-0.3, -0.25) is 19.5 Å². The number of methoxy groups -OCH3 is 1. The molecule has 11 heteroatoms. The maximum absolute atomic E-state index is 13.6. The van der Waals surface area contributed by atoms with E-state index in [-0.39, 0.29) is 16.8 Å². The van der Waals surface area contributed by atoms with Crippen LogP contribution in [0.15, 0.2) is 86.1 Å². The van der Waals surface area contributed by atoms with Crippen molar-refractivity contribution in [2.45, 2.75) is 13.0 Å². The second-order valence-corrected chi connectivity index (χ2v) is 9.58. The maximum Gasteiger partial charge on any atom is 0.338 e. The number of nitro benzene ring substituents is 1. The van der Waals surface area contributed by atoms with Gasteiger partial charge in [0, 0.05) is 28.8 Å². The molecule has 0 fully saturated rings. The number of allylic oxidation sites excluding steroid dienone is 1. The Morgan fingerprint density at radius 3 is 2.51 bits per heavy atom. The molecule has 1 atom stereocenters. The number of ether oxygens (including phenoxy) is 1. The van der Waals surface area contributed by atoms with Crippen LogP contribution in [0.1, 0.15) is 24.3 Å². The molecule has 0 amide bonds. The van der Waals surface area contributed by atoms with Crippen LogP contribution in [0.3, 0.4) is 0 Å². The molecular weight excluding hydrogens is 518 g/mol. The summed E-state index contributed by atoms with van der Waals surface area (Å²) in [7, 11) is 1.28. The van der Waals surface area contributed by atoms with E-state index in [1.165, 1.54) is 35.1 Å². The molecule has 9 nitrogen and oxygen atoms in total. The SMILES string of the molecule is COC(=O)C1=C(C)N=c2s/c(=C/c3ccc(-c4ccc([N+](=O)[O-])cc4)o3)c(=O)n2[C@H]1c1ccc(Cl)cc1. The molecule has 0 N–H and O–H groups in total. The highest BCUT2D eigenvalue weighted by Gasteiger charge is 2.33. The number of carbonyl (C=O) groups excluding carboxylic acids is 1. The third kappa shape index (κ3) is 4.52. The Bertz CT molecular complexity index is 1750. The molecule has 0 radical (unpaired) electrons. The number of rotatable bonds is 5. The van der Waals surface area contributed by atoms with E-state index in [4.69, 9.17) is 20.8 Å². The van der Waals surface area contributed by atoms with Gasteiger partial charge >= 0.3 is 5.97 Å². The Kier molecular flexibility index (Phi) is 6.36.